The first kappa shape index (κ1) is 27.5. The molecule has 0 saturated heterocycles. The number of allylic oxidation sites excluding steroid dienone is 3. The Kier molecular flexibility index (Phi) is 10.1. The Hall–Kier alpha value is -4.78. The minimum Gasteiger partial charge on any atom is -0.333 e. The van der Waals surface area contributed by atoms with Crippen LogP contribution in [0.3, 0.4) is 0 Å². The van der Waals surface area contributed by atoms with Crippen LogP contribution in [0.25, 0.3) is 0 Å². The summed E-state index contributed by atoms with van der Waals surface area (Å²) < 4.78 is 38.1. The van der Waals surface area contributed by atoms with Gasteiger partial charge in [0.1, 0.15) is 0 Å². The number of hydrogen-bond donors (Lipinski definition) is 4. The van der Waals surface area contributed by atoms with Crippen molar-refractivity contribution in [2.24, 2.45) is 9.98 Å². The molecule has 0 aliphatic carbocycles. The van der Waals surface area contributed by atoms with Crippen LogP contribution in [0.4, 0.5) is 35.0 Å². The number of anilines is 3. The normalized spacial score (nSPS) is 12.3. The fourth-order valence-corrected chi connectivity index (χ4v) is 2.70. The summed E-state index contributed by atoms with van der Waals surface area (Å²) in [7, 11) is 1.59. The van der Waals surface area contributed by atoms with E-state index in [4.69, 9.17) is 6.42 Å². The molecular formula is C26H25F3N6O. The van der Waals surface area contributed by atoms with E-state index in [0.717, 1.165) is 17.7 Å². The fraction of sp³-hybridized carbons (Fsp3) is 0.115. The van der Waals surface area contributed by atoms with Gasteiger partial charge in [-0.25, -0.2) is 4.79 Å². The molecule has 10 heteroatoms. The molecule has 0 fully saturated rings. The highest BCUT2D eigenvalue weighted by Crippen LogP contribution is 2.30. The molecule has 0 aliphatic rings. The quantitative estimate of drug-likeness (QED) is 0.166. The van der Waals surface area contributed by atoms with E-state index in [1.165, 1.54) is 24.5 Å². The molecule has 0 aliphatic heterocycles. The molecule has 2 aromatic rings. The number of carbonyl (C=O) groups is 1. The molecule has 7 nitrogen and oxygen atoms in total. The molecule has 0 heterocycles. The average Bonchev–Trinajstić information content (AvgIpc) is 2.84. The number of terminal acetylenes is 1. The van der Waals surface area contributed by atoms with Gasteiger partial charge in [-0.3, -0.25) is 9.98 Å². The van der Waals surface area contributed by atoms with Crippen molar-refractivity contribution < 1.29 is 18.0 Å². The van der Waals surface area contributed by atoms with Gasteiger partial charge in [-0.2, -0.15) is 13.2 Å². The summed E-state index contributed by atoms with van der Waals surface area (Å²) in [5.74, 6) is 2.93. The van der Waals surface area contributed by atoms with E-state index in [1.807, 2.05) is 6.92 Å². The van der Waals surface area contributed by atoms with Crippen molar-refractivity contribution in [2.75, 3.05) is 23.0 Å². The van der Waals surface area contributed by atoms with Gasteiger partial charge in [-0.05, 0) is 61.0 Å². The van der Waals surface area contributed by atoms with E-state index < -0.39 is 17.8 Å². The number of benzene rings is 2. The lowest BCUT2D eigenvalue weighted by Gasteiger charge is -2.14. The van der Waals surface area contributed by atoms with Gasteiger partial charge in [0.05, 0.1) is 5.56 Å². The molecular weight excluding hydrogens is 469 g/mol. The van der Waals surface area contributed by atoms with Crippen molar-refractivity contribution in [3.05, 3.63) is 90.3 Å². The smallest absolute Gasteiger partial charge is 0.333 e. The van der Waals surface area contributed by atoms with Gasteiger partial charge >= 0.3 is 12.2 Å². The number of aryl methyl sites for hydroxylation is 1. The van der Waals surface area contributed by atoms with E-state index in [0.29, 0.717) is 22.9 Å². The first-order chi connectivity index (χ1) is 17.2. The van der Waals surface area contributed by atoms with Gasteiger partial charge in [0.2, 0.25) is 0 Å². The summed E-state index contributed by atoms with van der Waals surface area (Å²) in [6.07, 6.45) is 8.85. The molecule has 0 atom stereocenters. The van der Waals surface area contributed by atoms with Gasteiger partial charge in [0.15, 0.2) is 5.96 Å². The Bertz CT molecular complexity index is 1240. The van der Waals surface area contributed by atoms with Crippen molar-refractivity contribution in [1.82, 2.24) is 5.32 Å². The molecule has 186 valence electrons. The third-order valence-corrected chi connectivity index (χ3v) is 4.54. The maximum atomic E-state index is 12.7. The second-order valence-corrected chi connectivity index (χ2v) is 7.11. The zero-order valence-corrected chi connectivity index (χ0v) is 19.6. The number of carbonyl (C=O) groups excluding carboxylic acids is 1. The lowest BCUT2D eigenvalue weighted by Crippen LogP contribution is -2.26. The highest BCUT2D eigenvalue weighted by molar-refractivity contribution is 6.01. The SMILES string of the molecule is C#CC(=C\C=NC=C)/C=C/NC(=NC)Nc1cc(NC(=O)Nc2ccc(C(F)(F)F)cc2)ccc1C. The van der Waals surface area contributed by atoms with Crippen LogP contribution in [0, 0.1) is 19.3 Å². The first-order valence-electron chi connectivity index (χ1n) is 10.5. The number of urea groups is 1. The zero-order chi connectivity index (χ0) is 26.6. The number of nitrogens with zero attached hydrogens (tertiary/aromatic N) is 2. The molecule has 2 rings (SSSR count). The highest BCUT2D eigenvalue weighted by atomic mass is 19.4. The van der Waals surface area contributed by atoms with Gasteiger partial charge in [-0.1, -0.05) is 18.6 Å². The molecule has 0 aromatic heterocycles. The Labute approximate surface area is 207 Å². The summed E-state index contributed by atoms with van der Waals surface area (Å²) in [5, 5.41) is 11.3. The number of nitrogens with one attached hydrogen (secondary N) is 4. The van der Waals surface area contributed by atoms with Crippen molar-refractivity contribution in [1.29, 1.82) is 0 Å². The molecule has 2 aromatic carbocycles. The van der Waals surface area contributed by atoms with Crippen molar-refractivity contribution in [3.63, 3.8) is 0 Å². The van der Waals surface area contributed by atoms with E-state index in [9.17, 15) is 18.0 Å². The van der Waals surface area contributed by atoms with Crippen LogP contribution in [0.15, 0.2) is 89.2 Å². The van der Waals surface area contributed by atoms with Crippen LogP contribution in [0.2, 0.25) is 0 Å². The second-order valence-electron chi connectivity index (χ2n) is 7.11. The van der Waals surface area contributed by atoms with Gasteiger partial charge < -0.3 is 21.3 Å². The Morgan fingerprint density at radius 2 is 1.75 bits per heavy atom. The van der Waals surface area contributed by atoms with E-state index in [1.54, 1.807) is 43.6 Å². The van der Waals surface area contributed by atoms with Crippen LogP contribution in [-0.2, 0) is 6.18 Å². The minimum absolute atomic E-state index is 0.221. The summed E-state index contributed by atoms with van der Waals surface area (Å²) in [5.41, 5.74) is 1.99. The van der Waals surface area contributed by atoms with Crippen LogP contribution in [0.1, 0.15) is 11.1 Å². The molecule has 0 spiro atoms. The number of halogens is 3. The monoisotopic (exact) mass is 494 g/mol. The zero-order valence-electron chi connectivity index (χ0n) is 19.6. The number of rotatable bonds is 7. The topological polar surface area (TPSA) is 89.9 Å². The molecule has 0 unspecified atom stereocenters. The van der Waals surface area contributed by atoms with Crippen LogP contribution in [0.5, 0.6) is 0 Å². The first-order valence-corrected chi connectivity index (χ1v) is 10.5. The van der Waals surface area contributed by atoms with Crippen LogP contribution >= 0.6 is 0 Å². The number of alkyl halides is 3. The Morgan fingerprint density at radius 1 is 1.08 bits per heavy atom. The Balaban J connectivity index is 2.03. The number of amides is 2. The average molecular weight is 495 g/mol. The van der Waals surface area contributed by atoms with Gasteiger partial charge in [0.25, 0.3) is 0 Å². The van der Waals surface area contributed by atoms with Gasteiger partial charge in [-0.15, -0.1) is 6.42 Å². The summed E-state index contributed by atoms with van der Waals surface area (Å²) in [6.45, 7) is 5.35. The molecule has 0 radical (unpaired) electrons. The summed E-state index contributed by atoms with van der Waals surface area (Å²) >= 11 is 0. The number of guanidine groups is 1. The predicted molar refractivity (Wildman–Crippen MR) is 140 cm³/mol. The molecule has 36 heavy (non-hydrogen) atoms. The predicted octanol–water partition coefficient (Wildman–Crippen LogP) is 5.93. The maximum Gasteiger partial charge on any atom is 0.416 e. The van der Waals surface area contributed by atoms with Crippen molar-refractivity contribution in [2.45, 2.75) is 13.1 Å². The lowest BCUT2D eigenvalue weighted by atomic mass is 10.2. The highest BCUT2D eigenvalue weighted by Gasteiger charge is 2.29. The third-order valence-electron chi connectivity index (χ3n) is 4.54. The number of aliphatic imine (C=N–C) groups is 2. The Morgan fingerprint density at radius 3 is 2.36 bits per heavy atom. The number of hydrogen-bond acceptors (Lipinski definition) is 3. The summed E-state index contributed by atoms with van der Waals surface area (Å²) in [6, 6.07) is 8.72. The van der Waals surface area contributed by atoms with Crippen molar-refractivity contribution in [3.8, 4) is 12.3 Å². The van der Waals surface area contributed by atoms with Crippen LogP contribution in [-0.4, -0.2) is 25.3 Å². The molecule has 2 amide bonds. The van der Waals surface area contributed by atoms with E-state index in [2.05, 4.69) is 43.8 Å². The molecule has 4 N–H and O–H groups in total. The molecule has 0 saturated carbocycles. The third kappa shape index (κ3) is 8.87. The minimum atomic E-state index is -4.45. The molecule has 0 bridgehead atoms. The lowest BCUT2D eigenvalue weighted by molar-refractivity contribution is -0.137. The maximum absolute atomic E-state index is 12.7. The standard InChI is InChI=1S/C26H25F3N6O/c1-5-19(13-15-31-6-2)14-16-32-24(30-4)35-23-17-22(10-7-18(23)3)34-25(36)33-21-11-8-20(9-12-21)26(27,28)29/h1,6-17H,2H2,3-4H3,(H2,30,32,35)(H2,33,34,36)/b16-14+,19-13+,31-15?. The van der Waals surface area contributed by atoms with E-state index in [-0.39, 0.29) is 5.69 Å². The largest absolute Gasteiger partial charge is 0.416 e. The van der Waals surface area contributed by atoms with Gasteiger partial charge in [0, 0.05) is 48.3 Å². The van der Waals surface area contributed by atoms with Crippen molar-refractivity contribution >= 4 is 35.3 Å². The van der Waals surface area contributed by atoms with Crippen LogP contribution < -0.4 is 21.3 Å². The fourth-order valence-electron chi connectivity index (χ4n) is 2.70. The summed E-state index contributed by atoms with van der Waals surface area (Å²) in [4.78, 5) is 20.3. The van der Waals surface area contributed by atoms with E-state index >= 15 is 0 Å². The second kappa shape index (κ2) is 13.2.